The monoisotopic (exact) mass is 288 g/mol. The molecule has 1 saturated heterocycles. The molecular weight excluding hydrogens is 264 g/mol. The number of carbonyl (C=O) groups is 1. The molecule has 3 rings (SSSR count). The number of methoxy groups -OCH3 is 1. The lowest BCUT2D eigenvalue weighted by Gasteiger charge is -2.37. The summed E-state index contributed by atoms with van der Waals surface area (Å²) in [5.74, 6) is 1.31. The molecule has 0 N–H and O–H groups in total. The summed E-state index contributed by atoms with van der Waals surface area (Å²) < 4.78 is 11.4. The summed E-state index contributed by atoms with van der Waals surface area (Å²) in [5.41, 5.74) is 1.01. The molecule has 1 atom stereocenters. The van der Waals surface area contributed by atoms with Crippen LogP contribution in [0.25, 0.3) is 0 Å². The van der Waals surface area contributed by atoms with Gasteiger partial charge < -0.3 is 9.47 Å². The third-order valence-electron chi connectivity index (χ3n) is 5.02. The first kappa shape index (κ1) is 14.6. The van der Waals surface area contributed by atoms with E-state index in [1.165, 1.54) is 12.8 Å². The molecule has 1 saturated carbocycles. The average molecular weight is 288 g/mol. The molecule has 3 nitrogen and oxygen atoms in total. The van der Waals surface area contributed by atoms with Crippen molar-refractivity contribution in [3.05, 3.63) is 29.8 Å². The van der Waals surface area contributed by atoms with Crippen LogP contribution in [0.5, 0.6) is 5.75 Å². The van der Waals surface area contributed by atoms with E-state index >= 15 is 0 Å². The number of carbonyl (C=O) groups excluding carboxylic acids is 1. The maximum absolute atomic E-state index is 12.7. The fourth-order valence-corrected chi connectivity index (χ4v) is 3.85. The average Bonchev–Trinajstić information content (AvgIpc) is 2.95. The maximum Gasteiger partial charge on any atom is 0.140 e. The molecule has 0 aromatic heterocycles. The van der Waals surface area contributed by atoms with Crippen molar-refractivity contribution in [2.75, 3.05) is 13.7 Å². The van der Waals surface area contributed by atoms with Crippen LogP contribution < -0.4 is 4.74 Å². The zero-order valence-corrected chi connectivity index (χ0v) is 12.8. The Morgan fingerprint density at radius 3 is 2.86 bits per heavy atom. The molecule has 0 amide bonds. The molecule has 1 unspecified atom stereocenters. The Morgan fingerprint density at radius 1 is 1.33 bits per heavy atom. The highest BCUT2D eigenvalue weighted by Gasteiger charge is 2.41. The van der Waals surface area contributed by atoms with Gasteiger partial charge in [-0.3, -0.25) is 4.79 Å². The van der Waals surface area contributed by atoms with E-state index in [4.69, 9.17) is 9.47 Å². The van der Waals surface area contributed by atoms with Crippen LogP contribution in [0.2, 0.25) is 0 Å². The number of ketones is 1. The Kier molecular flexibility index (Phi) is 4.29. The minimum Gasteiger partial charge on any atom is -0.496 e. The van der Waals surface area contributed by atoms with Gasteiger partial charge in [0.05, 0.1) is 12.7 Å². The van der Waals surface area contributed by atoms with E-state index in [1.807, 2.05) is 24.3 Å². The first-order valence-corrected chi connectivity index (χ1v) is 8.01. The molecule has 0 bridgehead atoms. The summed E-state index contributed by atoms with van der Waals surface area (Å²) in [7, 11) is 1.66. The van der Waals surface area contributed by atoms with Crippen molar-refractivity contribution in [3.63, 3.8) is 0 Å². The molecule has 2 fully saturated rings. The number of para-hydroxylation sites is 1. The number of hydrogen-bond donors (Lipinski definition) is 0. The van der Waals surface area contributed by atoms with Crippen molar-refractivity contribution in [1.29, 1.82) is 0 Å². The Bertz CT molecular complexity index is 503. The second-order valence-corrected chi connectivity index (χ2v) is 6.38. The number of benzene rings is 1. The number of hydrogen-bond acceptors (Lipinski definition) is 3. The summed E-state index contributed by atoms with van der Waals surface area (Å²) in [6.07, 6.45) is 7.01. The zero-order valence-electron chi connectivity index (χ0n) is 12.8. The highest BCUT2D eigenvalue weighted by molar-refractivity contribution is 5.84. The quantitative estimate of drug-likeness (QED) is 0.850. The van der Waals surface area contributed by atoms with Gasteiger partial charge in [0, 0.05) is 24.5 Å². The van der Waals surface area contributed by atoms with E-state index in [9.17, 15) is 4.79 Å². The molecule has 1 aliphatic carbocycles. The van der Waals surface area contributed by atoms with Gasteiger partial charge in [0.15, 0.2) is 0 Å². The predicted molar refractivity (Wildman–Crippen MR) is 81.6 cm³/mol. The van der Waals surface area contributed by atoms with Crippen molar-refractivity contribution < 1.29 is 14.3 Å². The normalized spacial score (nSPS) is 24.1. The fraction of sp³-hybridized carbons (Fsp3) is 0.611. The fourth-order valence-electron chi connectivity index (χ4n) is 3.85. The smallest absolute Gasteiger partial charge is 0.140 e. The lowest BCUT2D eigenvalue weighted by molar-refractivity contribution is -0.135. The van der Waals surface area contributed by atoms with Crippen LogP contribution >= 0.6 is 0 Å². The summed E-state index contributed by atoms with van der Waals surface area (Å²) in [5, 5.41) is 0. The summed E-state index contributed by atoms with van der Waals surface area (Å²) in [6.45, 7) is 0.738. The number of ether oxygens (including phenoxy) is 2. The van der Waals surface area contributed by atoms with Crippen LogP contribution in [0.15, 0.2) is 24.3 Å². The zero-order chi connectivity index (χ0) is 14.7. The largest absolute Gasteiger partial charge is 0.496 e. The molecule has 0 radical (unpaired) electrons. The molecule has 2 aliphatic rings. The van der Waals surface area contributed by atoms with Crippen LogP contribution in [0.3, 0.4) is 0 Å². The first-order valence-electron chi connectivity index (χ1n) is 8.01. The van der Waals surface area contributed by atoms with E-state index < -0.39 is 0 Å². The van der Waals surface area contributed by atoms with Gasteiger partial charge in [0.2, 0.25) is 0 Å². The second-order valence-electron chi connectivity index (χ2n) is 6.38. The van der Waals surface area contributed by atoms with E-state index in [2.05, 4.69) is 0 Å². The minimum absolute atomic E-state index is 0.0132. The van der Waals surface area contributed by atoms with Gasteiger partial charge in [-0.05, 0) is 31.7 Å². The van der Waals surface area contributed by atoms with Crippen LogP contribution in [-0.4, -0.2) is 25.1 Å². The SMILES string of the molecule is COc1ccccc1CC(=O)C1CCOC2(CCCC2)C1. The molecule has 1 aromatic rings. The van der Waals surface area contributed by atoms with Crippen LogP contribution in [-0.2, 0) is 16.0 Å². The van der Waals surface area contributed by atoms with Crippen molar-refractivity contribution >= 4 is 5.78 Å². The molecule has 3 heteroatoms. The predicted octanol–water partition coefficient (Wildman–Crippen LogP) is 3.55. The van der Waals surface area contributed by atoms with Gasteiger partial charge in [-0.2, -0.15) is 0 Å². The van der Waals surface area contributed by atoms with Crippen LogP contribution in [0, 0.1) is 5.92 Å². The maximum atomic E-state index is 12.7. The van der Waals surface area contributed by atoms with Gasteiger partial charge in [-0.15, -0.1) is 0 Å². The Morgan fingerprint density at radius 2 is 2.10 bits per heavy atom. The van der Waals surface area contributed by atoms with E-state index in [-0.39, 0.29) is 11.5 Å². The molecular formula is C18H24O3. The lowest BCUT2D eigenvalue weighted by Crippen LogP contribution is -2.40. The van der Waals surface area contributed by atoms with E-state index in [0.717, 1.165) is 43.6 Å². The van der Waals surface area contributed by atoms with Gasteiger partial charge >= 0.3 is 0 Å². The van der Waals surface area contributed by atoms with Gasteiger partial charge in [0.25, 0.3) is 0 Å². The summed E-state index contributed by atoms with van der Waals surface area (Å²) in [4.78, 5) is 12.7. The van der Waals surface area contributed by atoms with Gasteiger partial charge in [-0.1, -0.05) is 31.0 Å². The number of rotatable bonds is 4. The first-order chi connectivity index (χ1) is 10.2. The number of Topliss-reactive ketones (excluding diaryl/α,β-unsaturated/α-hetero) is 1. The van der Waals surface area contributed by atoms with Crippen molar-refractivity contribution in [2.45, 2.75) is 50.5 Å². The molecule has 1 heterocycles. The van der Waals surface area contributed by atoms with E-state index in [0.29, 0.717) is 12.2 Å². The highest BCUT2D eigenvalue weighted by Crippen LogP contribution is 2.42. The summed E-state index contributed by atoms with van der Waals surface area (Å²) >= 11 is 0. The Balaban J connectivity index is 1.67. The second kappa shape index (κ2) is 6.18. The Labute approximate surface area is 126 Å². The molecule has 1 spiro atoms. The molecule has 1 aromatic carbocycles. The molecule has 1 aliphatic heterocycles. The standard InChI is InChI=1S/C18H24O3/c1-20-17-7-3-2-6-14(17)12-16(19)15-8-11-21-18(13-15)9-4-5-10-18/h2-3,6-7,15H,4-5,8-13H2,1H3. The topological polar surface area (TPSA) is 35.5 Å². The van der Waals surface area contributed by atoms with Crippen molar-refractivity contribution in [3.8, 4) is 5.75 Å². The van der Waals surface area contributed by atoms with Crippen molar-refractivity contribution in [2.24, 2.45) is 5.92 Å². The van der Waals surface area contributed by atoms with Crippen LogP contribution in [0.1, 0.15) is 44.1 Å². The summed E-state index contributed by atoms with van der Waals surface area (Å²) in [6, 6.07) is 7.81. The van der Waals surface area contributed by atoms with Gasteiger partial charge in [-0.25, -0.2) is 0 Å². The van der Waals surface area contributed by atoms with Crippen LogP contribution in [0.4, 0.5) is 0 Å². The molecule has 114 valence electrons. The van der Waals surface area contributed by atoms with E-state index in [1.54, 1.807) is 7.11 Å². The highest BCUT2D eigenvalue weighted by atomic mass is 16.5. The molecule has 21 heavy (non-hydrogen) atoms. The Hall–Kier alpha value is -1.35. The third kappa shape index (κ3) is 3.13. The van der Waals surface area contributed by atoms with Crippen molar-refractivity contribution in [1.82, 2.24) is 0 Å². The minimum atomic E-state index is 0.0132. The lowest BCUT2D eigenvalue weighted by atomic mass is 9.81. The van der Waals surface area contributed by atoms with Gasteiger partial charge in [0.1, 0.15) is 11.5 Å². The third-order valence-corrected chi connectivity index (χ3v) is 5.02.